The van der Waals surface area contributed by atoms with Crippen molar-refractivity contribution in [3.63, 3.8) is 0 Å². The maximum absolute atomic E-state index is 12.5. The predicted molar refractivity (Wildman–Crippen MR) is 84.6 cm³/mol. The molecule has 2 N–H and O–H groups in total. The molecule has 1 amide bonds. The monoisotopic (exact) mass is 351 g/mol. The molecule has 2 fully saturated rings. The number of nitrogens with zero attached hydrogens (tertiary/aromatic N) is 2. The Morgan fingerprint density at radius 2 is 1.79 bits per heavy atom. The number of alkyl halides is 3. The number of nitrogens with one attached hydrogen (secondary N) is 1. The zero-order valence-electron chi connectivity index (χ0n) is 14.4. The number of piperidine rings is 1. The molecule has 0 saturated carbocycles. The molecule has 8 heteroatoms. The van der Waals surface area contributed by atoms with Crippen molar-refractivity contribution in [2.45, 2.75) is 63.4 Å². The molecule has 2 heterocycles. The number of aliphatic hydroxyl groups is 1. The fourth-order valence-corrected chi connectivity index (χ4v) is 3.59. The van der Waals surface area contributed by atoms with Gasteiger partial charge in [0.05, 0.1) is 18.2 Å². The van der Waals surface area contributed by atoms with E-state index in [-0.39, 0.29) is 24.5 Å². The van der Waals surface area contributed by atoms with E-state index < -0.39 is 18.3 Å². The van der Waals surface area contributed by atoms with Crippen molar-refractivity contribution in [1.29, 1.82) is 0 Å². The number of likely N-dealkylation sites (tertiary alicyclic amines) is 2. The van der Waals surface area contributed by atoms with Crippen molar-refractivity contribution in [3.8, 4) is 0 Å². The number of carbonyl (C=O) groups is 1. The fourth-order valence-electron chi connectivity index (χ4n) is 3.59. The minimum Gasteiger partial charge on any atom is -0.389 e. The molecular formula is C16H28F3N3O2. The van der Waals surface area contributed by atoms with E-state index >= 15 is 0 Å². The topological polar surface area (TPSA) is 55.8 Å². The van der Waals surface area contributed by atoms with Crippen LogP contribution in [0, 0.1) is 0 Å². The first-order valence-electron chi connectivity index (χ1n) is 8.60. The van der Waals surface area contributed by atoms with E-state index in [9.17, 15) is 23.1 Å². The first-order valence-corrected chi connectivity index (χ1v) is 8.60. The second kappa shape index (κ2) is 7.58. The summed E-state index contributed by atoms with van der Waals surface area (Å²) in [5.41, 5.74) is -0.956. The van der Waals surface area contributed by atoms with Crippen LogP contribution in [0.4, 0.5) is 13.2 Å². The van der Waals surface area contributed by atoms with Crippen LogP contribution in [0.1, 0.15) is 39.5 Å². The Hall–Kier alpha value is -0.860. The van der Waals surface area contributed by atoms with E-state index in [1.807, 2.05) is 0 Å². The molecule has 1 atom stereocenters. The Bertz CT molecular complexity index is 429. The predicted octanol–water partition coefficient (Wildman–Crippen LogP) is 1.36. The van der Waals surface area contributed by atoms with Gasteiger partial charge in [0.25, 0.3) is 0 Å². The molecule has 2 aliphatic rings. The molecule has 24 heavy (non-hydrogen) atoms. The number of hydrogen-bond donors (Lipinski definition) is 2. The molecule has 2 rings (SSSR count). The number of halogens is 3. The Labute approximate surface area is 141 Å². The highest BCUT2D eigenvalue weighted by Gasteiger charge is 2.38. The minimum absolute atomic E-state index is 0.0904. The van der Waals surface area contributed by atoms with Crippen molar-refractivity contribution in [2.24, 2.45) is 0 Å². The van der Waals surface area contributed by atoms with E-state index in [1.165, 1.54) is 4.90 Å². The van der Waals surface area contributed by atoms with Gasteiger partial charge in [0.2, 0.25) is 5.91 Å². The largest absolute Gasteiger partial charge is 0.401 e. The van der Waals surface area contributed by atoms with Crippen LogP contribution in [0.2, 0.25) is 0 Å². The van der Waals surface area contributed by atoms with Crippen molar-refractivity contribution < 1.29 is 23.1 Å². The van der Waals surface area contributed by atoms with Crippen molar-refractivity contribution in [1.82, 2.24) is 15.1 Å². The smallest absolute Gasteiger partial charge is 0.389 e. The van der Waals surface area contributed by atoms with Crippen LogP contribution in [-0.2, 0) is 4.79 Å². The maximum Gasteiger partial charge on any atom is 0.401 e. The molecule has 0 aliphatic carbocycles. The van der Waals surface area contributed by atoms with E-state index in [0.717, 1.165) is 19.4 Å². The summed E-state index contributed by atoms with van der Waals surface area (Å²) in [6.07, 6.45) is -1.15. The van der Waals surface area contributed by atoms with Gasteiger partial charge in [0, 0.05) is 12.6 Å². The maximum atomic E-state index is 12.5. The van der Waals surface area contributed by atoms with Gasteiger partial charge in [0.1, 0.15) is 0 Å². The lowest BCUT2D eigenvalue weighted by molar-refractivity contribution is -0.149. The molecule has 0 aromatic heterocycles. The Balaban J connectivity index is 1.84. The highest BCUT2D eigenvalue weighted by molar-refractivity contribution is 5.82. The summed E-state index contributed by atoms with van der Waals surface area (Å²) >= 11 is 0. The average Bonchev–Trinajstić information content (AvgIpc) is 2.92. The fraction of sp³-hybridized carbons (Fsp3) is 0.938. The molecule has 140 valence electrons. The molecule has 2 aliphatic heterocycles. The van der Waals surface area contributed by atoms with Crippen LogP contribution in [0.5, 0.6) is 0 Å². The standard InChI is InChI=1S/C16H28F3N3O2/c1-15(2,24)10-20-14(23)13-4-3-7-22(13)12-5-8-21(9-6-12)11-16(17,18)19/h12-13,24H,3-11H2,1-2H3,(H,20,23)/t13-/m1/s1. The van der Waals surface area contributed by atoms with Gasteiger partial charge in [-0.3, -0.25) is 14.6 Å². The molecular weight excluding hydrogens is 323 g/mol. The van der Waals surface area contributed by atoms with Gasteiger partial charge in [-0.05, 0) is 59.2 Å². The lowest BCUT2D eigenvalue weighted by atomic mass is 10.0. The number of amides is 1. The van der Waals surface area contributed by atoms with Crippen molar-refractivity contribution in [3.05, 3.63) is 0 Å². The lowest BCUT2D eigenvalue weighted by Crippen LogP contribution is -2.53. The number of hydrogen-bond acceptors (Lipinski definition) is 4. The molecule has 0 unspecified atom stereocenters. The van der Waals surface area contributed by atoms with Crippen LogP contribution < -0.4 is 5.32 Å². The van der Waals surface area contributed by atoms with Crippen molar-refractivity contribution in [2.75, 3.05) is 32.7 Å². The number of rotatable bonds is 5. The van der Waals surface area contributed by atoms with Crippen LogP contribution in [-0.4, -0.2) is 77.4 Å². The SMILES string of the molecule is CC(C)(O)CNC(=O)[C@H]1CCCN1C1CCN(CC(F)(F)F)CC1. The third-order valence-corrected chi connectivity index (χ3v) is 4.72. The Kier molecular flexibility index (Phi) is 6.14. The second-order valence-electron chi connectivity index (χ2n) is 7.55. The Morgan fingerprint density at radius 3 is 2.33 bits per heavy atom. The van der Waals surface area contributed by atoms with Gasteiger partial charge in [-0.2, -0.15) is 13.2 Å². The zero-order chi connectivity index (χ0) is 18.0. The molecule has 0 bridgehead atoms. The van der Waals surface area contributed by atoms with E-state index in [4.69, 9.17) is 0 Å². The summed E-state index contributed by atoms with van der Waals surface area (Å²) in [7, 11) is 0. The van der Waals surface area contributed by atoms with Gasteiger partial charge in [0.15, 0.2) is 0 Å². The molecule has 0 aromatic carbocycles. The molecule has 0 aromatic rings. The zero-order valence-corrected chi connectivity index (χ0v) is 14.4. The third-order valence-electron chi connectivity index (χ3n) is 4.72. The van der Waals surface area contributed by atoms with Gasteiger partial charge < -0.3 is 10.4 Å². The molecule has 2 saturated heterocycles. The summed E-state index contributed by atoms with van der Waals surface area (Å²) in [6.45, 7) is 4.25. The molecule has 0 radical (unpaired) electrons. The van der Waals surface area contributed by atoms with Gasteiger partial charge in [-0.1, -0.05) is 0 Å². The average molecular weight is 351 g/mol. The minimum atomic E-state index is -4.15. The van der Waals surface area contributed by atoms with E-state index in [2.05, 4.69) is 10.2 Å². The number of carbonyl (C=O) groups excluding carboxylic acids is 1. The van der Waals surface area contributed by atoms with Crippen molar-refractivity contribution >= 4 is 5.91 Å². The quantitative estimate of drug-likeness (QED) is 0.785. The van der Waals surface area contributed by atoms with Crippen LogP contribution in [0.3, 0.4) is 0 Å². The van der Waals surface area contributed by atoms with Gasteiger partial charge >= 0.3 is 6.18 Å². The van der Waals surface area contributed by atoms with E-state index in [1.54, 1.807) is 13.8 Å². The lowest BCUT2D eigenvalue weighted by Gasteiger charge is -2.39. The molecule has 5 nitrogen and oxygen atoms in total. The van der Waals surface area contributed by atoms with Crippen LogP contribution in [0.25, 0.3) is 0 Å². The summed E-state index contributed by atoms with van der Waals surface area (Å²) in [6, 6.07) is -0.0682. The summed E-state index contributed by atoms with van der Waals surface area (Å²) in [5.74, 6) is -0.0904. The highest BCUT2D eigenvalue weighted by Crippen LogP contribution is 2.27. The molecule has 0 spiro atoms. The van der Waals surface area contributed by atoms with Gasteiger partial charge in [-0.25, -0.2) is 0 Å². The summed E-state index contributed by atoms with van der Waals surface area (Å²) in [5, 5.41) is 12.5. The second-order valence-corrected chi connectivity index (χ2v) is 7.55. The third kappa shape index (κ3) is 5.89. The van der Waals surface area contributed by atoms with Crippen LogP contribution >= 0.6 is 0 Å². The highest BCUT2D eigenvalue weighted by atomic mass is 19.4. The first-order chi connectivity index (χ1) is 11.1. The van der Waals surface area contributed by atoms with Crippen LogP contribution in [0.15, 0.2) is 0 Å². The normalized spacial score (nSPS) is 25.2. The van der Waals surface area contributed by atoms with Gasteiger partial charge in [-0.15, -0.1) is 0 Å². The first kappa shape index (κ1) is 19.5. The van der Waals surface area contributed by atoms with E-state index in [0.29, 0.717) is 25.9 Å². The summed E-state index contributed by atoms with van der Waals surface area (Å²) < 4.78 is 37.4. The Morgan fingerprint density at radius 1 is 1.17 bits per heavy atom. The summed E-state index contributed by atoms with van der Waals surface area (Å²) in [4.78, 5) is 16.0.